The van der Waals surface area contributed by atoms with Crippen LogP contribution in [-0.2, 0) is 0 Å². The molecule has 3 heterocycles. The number of H-pyrrole nitrogens is 2. The number of rotatable bonds is 2. The zero-order valence-electron chi connectivity index (χ0n) is 13.0. The summed E-state index contributed by atoms with van der Waals surface area (Å²) in [5.41, 5.74) is 4.50. The van der Waals surface area contributed by atoms with Crippen molar-refractivity contribution in [2.45, 2.75) is 6.42 Å². The number of likely N-dealkylation sites (N-methyl/N-ethyl adjacent to an activating group) is 1. The normalized spacial score (nSPS) is 15.8. The Kier molecular flexibility index (Phi) is 3.35. The highest BCUT2D eigenvalue weighted by atomic mass is 16.1. The molecule has 2 N–H and O–H groups in total. The van der Waals surface area contributed by atoms with E-state index in [1.807, 2.05) is 12.1 Å². The summed E-state index contributed by atoms with van der Waals surface area (Å²) in [4.78, 5) is 24.2. The molecule has 2 aromatic heterocycles. The highest BCUT2D eigenvalue weighted by molar-refractivity contribution is 5.95. The van der Waals surface area contributed by atoms with E-state index in [1.165, 1.54) is 28.8 Å². The Bertz CT molecular complexity index is 951. The third kappa shape index (κ3) is 2.59. The molecule has 0 unspecified atom stereocenters. The minimum absolute atomic E-state index is 0.137. The molecule has 1 aromatic carbocycles. The van der Waals surface area contributed by atoms with Crippen molar-refractivity contribution in [1.82, 2.24) is 19.9 Å². The van der Waals surface area contributed by atoms with Crippen molar-refractivity contribution in [2.24, 2.45) is 0 Å². The Balaban J connectivity index is 1.82. The fourth-order valence-electron chi connectivity index (χ4n) is 3.07. The van der Waals surface area contributed by atoms with Crippen LogP contribution in [0.3, 0.4) is 0 Å². The number of fused-ring (bicyclic) bond motifs is 1. The summed E-state index contributed by atoms with van der Waals surface area (Å²) >= 11 is 0. The van der Waals surface area contributed by atoms with Crippen molar-refractivity contribution in [3.63, 3.8) is 0 Å². The lowest BCUT2D eigenvalue weighted by atomic mass is 9.98. The first kappa shape index (κ1) is 14.0. The second kappa shape index (κ2) is 5.52. The zero-order chi connectivity index (χ0) is 15.8. The molecular weight excluding hydrogens is 288 g/mol. The number of benzene rings is 1. The van der Waals surface area contributed by atoms with Gasteiger partial charge in [-0.3, -0.25) is 4.79 Å². The summed E-state index contributed by atoms with van der Waals surface area (Å²) in [6, 6.07) is 7.53. The van der Waals surface area contributed by atoms with E-state index in [1.54, 1.807) is 0 Å². The van der Waals surface area contributed by atoms with Crippen LogP contribution in [0, 0.1) is 0 Å². The predicted octanol–water partition coefficient (Wildman–Crippen LogP) is 2.64. The van der Waals surface area contributed by atoms with Crippen LogP contribution in [0.4, 0.5) is 0 Å². The number of aromatic nitrogens is 3. The molecular formula is C18H18N4O. The van der Waals surface area contributed by atoms with Gasteiger partial charge in [0.05, 0.1) is 0 Å². The predicted molar refractivity (Wildman–Crippen MR) is 92.2 cm³/mol. The van der Waals surface area contributed by atoms with Crippen LogP contribution in [0.1, 0.15) is 12.0 Å². The van der Waals surface area contributed by atoms with E-state index in [9.17, 15) is 4.79 Å². The van der Waals surface area contributed by atoms with Crippen molar-refractivity contribution >= 4 is 16.5 Å². The van der Waals surface area contributed by atoms with Gasteiger partial charge in [-0.2, -0.15) is 0 Å². The van der Waals surface area contributed by atoms with E-state index in [4.69, 9.17) is 0 Å². The fourth-order valence-corrected chi connectivity index (χ4v) is 3.07. The van der Waals surface area contributed by atoms with Gasteiger partial charge >= 0.3 is 0 Å². The number of aromatic amines is 2. The van der Waals surface area contributed by atoms with Gasteiger partial charge in [0.1, 0.15) is 5.82 Å². The summed E-state index contributed by atoms with van der Waals surface area (Å²) in [6.45, 7) is 2.06. The molecule has 0 fully saturated rings. The molecule has 5 heteroatoms. The third-order valence-electron chi connectivity index (χ3n) is 4.38. The minimum Gasteiger partial charge on any atom is -0.361 e. The van der Waals surface area contributed by atoms with Crippen LogP contribution >= 0.6 is 0 Å². The molecule has 1 aliphatic heterocycles. The monoisotopic (exact) mass is 306 g/mol. The molecule has 0 atom stereocenters. The van der Waals surface area contributed by atoms with Gasteiger partial charge in [0.15, 0.2) is 0 Å². The van der Waals surface area contributed by atoms with Gasteiger partial charge in [-0.25, -0.2) is 4.98 Å². The second-order valence-electron chi connectivity index (χ2n) is 5.99. The van der Waals surface area contributed by atoms with Gasteiger partial charge in [-0.1, -0.05) is 6.08 Å². The number of nitrogens with one attached hydrogen (secondary N) is 2. The Morgan fingerprint density at radius 2 is 2.17 bits per heavy atom. The average Bonchev–Trinajstić information content (AvgIpc) is 2.99. The Hall–Kier alpha value is -2.66. The summed E-state index contributed by atoms with van der Waals surface area (Å²) in [7, 11) is 2.14. The van der Waals surface area contributed by atoms with Gasteiger partial charge in [-0.15, -0.1) is 0 Å². The van der Waals surface area contributed by atoms with Gasteiger partial charge in [0.2, 0.25) is 0 Å². The van der Waals surface area contributed by atoms with Gasteiger partial charge in [0.25, 0.3) is 5.56 Å². The van der Waals surface area contributed by atoms with Crippen molar-refractivity contribution in [2.75, 3.05) is 20.1 Å². The lowest BCUT2D eigenvalue weighted by Gasteiger charge is -2.21. The minimum atomic E-state index is -0.137. The fraction of sp³-hybridized carbons (Fsp3) is 0.222. The maximum atomic E-state index is 11.5. The molecule has 0 saturated carbocycles. The zero-order valence-corrected chi connectivity index (χ0v) is 13.0. The largest absolute Gasteiger partial charge is 0.361 e. The lowest BCUT2D eigenvalue weighted by Crippen LogP contribution is -2.23. The topological polar surface area (TPSA) is 64.8 Å². The summed E-state index contributed by atoms with van der Waals surface area (Å²) in [6.07, 6.45) is 6.96. The third-order valence-corrected chi connectivity index (χ3v) is 4.38. The molecule has 1 aliphatic rings. The highest BCUT2D eigenvalue weighted by Crippen LogP contribution is 2.31. The number of nitrogens with zero attached hydrogens (tertiary/aromatic N) is 2. The molecule has 23 heavy (non-hydrogen) atoms. The number of hydrogen-bond donors (Lipinski definition) is 2. The Morgan fingerprint density at radius 3 is 2.96 bits per heavy atom. The first-order valence-electron chi connectivity index (χ1n) is 7.75. The molecule has 0 saturated heterocycles. The van der Waals surface area contributed by atoms with E-state index in [0.717, 1.165) is 30.6 Å². The van der Waals surface area contributed by atoms with Gasteiger partial charge in [0, 0.05) is 53.6 Å². The highest BCUT2D eigenvalue weighted by Gasteiger charge is 2.14. The standard InChI is InChI=1S/C18H18N4O/c1-22-8-5-12(6-9-22)15-11-20-16-3-2-13(10-14(15)16)18-19-7-4-17(23)21-18/h2-5,7,10-11,20H,6,8-9H2,1H3,(H,19,21,23). The van der Waals surface area contributed by atoms with E-state index in [2.05, 4.69) is 45.2 Å². The Morgan fingerprint density at radius 1 is 1.26 bits per heavy atom. The maximum absolute atomic E-state index is 11.5. The second-order valence-corrected chi connectivity index (χ2v) is 5.99. The van der Waals surface area contributed by atoms with Crippen LogP contribution in [0.5, 0.6) is 0 Å². The molecule has 0 aliphatic carbocycles. The average molecular weight is 306 g/mol. The van der Waals surface area contributed by atoms with E-state index < -0.39 is 0 Å². The van der Waals surface area contributed by atoms with Crippen molar-refractivity contribution in [3.05, 3.63) is 58.7 Å². The molecule has 4 rings (SSSR count). The van der Waals surface area contributed by atoms with Crippen molar-refractivity contribution in [1.29, 1.82) is 0 Å². The van der Waals surface area contributed by atoms with Crippen LogP contribution in [-0.4, -0.2) is 40.0 Å². The van der Waals surface area contributed by atoms with Crippen LogP contribution in [0.2, 0.25) is 0 Å². The van der Waals surface area contributed by atoms with Crippen molar-refractivity contribution < 1.29 is 0 Å². The lowest BCUT2D eigenvalue weighted by molar-refractivity contribution is 0.370. The molecule has 0 amide bonds. The number of hydrogen-bond acceptors (Lipinski definition) is 3. The van der Waals surface area contributed by atoms with Crippen LogP contribution < -0.4 is 5.56 Å². The molecule has 116 valence electrons. The van der Waals surface area contributed by atoms with E-state index >= 15 is 0 Å². The van der Waals surface area contributed by atoms with Gasteiger partial charge in [-0.05, 0) is 37.2 Å². The van der Waals surface area contributed by atoms with E-state index in [-0.39, 0.29) is 5.56 Å². The Labute approximate surface area is 133 Å². The first-order chi connectivity index (χ1) is 11.2. The van der Waals surface area contributed by atoms with E-state index in [0.29, 0.717) is 5.82 Å². The van der Waals surface area contributed by atoms with Crippen molar-refractivity contribution in [3.8, 4) is 11.4 Å². The smallest absolute Gasteiger partial charge is 0.251 e. The molecule has 0 radical (unpaired) electrons. The summed E-state index contributed by atoms with van der Waals surface area (Å²) < 4.78 is 0. The summed E-state index contributed by atoms with van der Waals surface area (Å²) in [5.74, 6) is 0.601. The first-order valence-corrected chi connectivity index (χ1v) is 7.75. The van der Waals surface area contributed by atoms with Crippen LogP contribution in [0.25, 0.3) is 27.9 Å². The molecule has 0 spiro atoms. The molecule has 0 bridgehead atoms. The summed E-state index contributed by atoms with van der Waals surface area (Å²) in [5, 5.41) is 1.17. The quantitative estimate of drug-likeness (QED) is 0.765. The van der Waals surface area contributed by atoms with Gasteiger partial charge < -0.3 is 14.9 Å². The SMILES string of the molecule is CN1CC=C(c2c[nH]c3ccc(-c4nccc(=O)[nH]4)cc23)CC1. The molecule has 3 aromatic rings. The maximum Gasteiger partial charge on any atom is 0.251 e. The molecule has 5 nitrogen and oxygen atoms in total. The van der Waals surface area contributed by atoms with Crippen LogP contribution in [0.15, 0.2) is 47.5 Å².